The third-order valence-corrected chi connectivity index (χ3v) is 1.67. The van der Waals surface area contributed by atoms with Gasteiger partial charge in [0.15, 0.2) is 5.82 Å². The lowest BCUT2D eigenvalue weighted by Gasteiger charge is -2.04. The average Bonchev–Trinajstić information content (AvgIpc) is 2.18. The largest absolute Gasteiger partial charge is 0.347 e. The molecule has 1 rings (SSSR count). The van der Waals surface area contributed by atoms with Crippen molar-refractivity contribution in [3.8, 4) is 0 Å². The summed E-state index contributed by atoms with van der Waals surface area (Å²) in [6, 6.07) is 1.07. The third-order valence-electron chi connectivity index (χ3n) is 1.53. The molecule has 0 spiro atoms. The van der Waals surface area contributed by atoms with Gasteiger partial charge in [0, 0.05) is 11.2 Å². The summed E-state index contributed by atoms with van der Waals surface area (Å²) in [5.41, 5.74) is -0.416. The van der Waals surface area contributed by atoms with Crippen LogP contribution in [0.2, 0.25) is 0 Å². The molecule has 15 heavy (non-hydrogen) atoms. The van der Waals surface area contributed by atoms with Gasteiger partial charge in [0.2, 0.25) is 5.95 Å². The molecule has 1 heterocycles. The van der Waals surface area contributed by atoms with Gasteiger partial charge in [-0.3, -0.25) is 4.79 Å². The number of carbonyl (C=O) groups is 1. The van der Waals surface area contributed by atoms with Crippen LogP contribution in [0.5, 0.6) is 0 Å². The molecule has 0 atom stereocenters. The molecule has 0 unspecified atom stereocenters. The summed E-state index contributed by atoms with van der Waals surface area (Å²) in [5, 5.41) is 2.45. The summed E-state index contributed by atoms with van der Waals surface area (Å²) in [6.45, 7) is 3.32. The summed E-state index contributed by atoms with van der Waals surface area (Å²) in [6.07, 6.45) is 1.00. The van der Waals surface area contributed by atoms with Gasteiger partial charge in [0.05, 0.1) is 12.1 Å². The molecule has 0 radical (unpaired) electrons. The summed E-state index contributed by atoms with van der Waals surface area (Å²) < 4.78 is 25.7. The first-order valence-electron chi connectivity index (χ1n) is 3.94. The maximum absolute atomic E-state index is 13.0. The molecule has 1 aromatic heterocycles. The van der Waals surface area contributed by atoms with Crippen molar-refractivity contribution in [2.45, 2.75) is 0 Å². The fraction of sp³-hybridized carbons (Fsp3) is 0.111. The Morgan fingerprint density at radius 3 is 2.87 bits per heavy atom. The second-order valence-corrected chi connectivity index (χ2v) is 3.20. The SMILES string of the molecule is C=C(Cl)CNC(=O)c1ccnc(F)c1F. The number of carbonyl (C=O) groups excluding carboxylic acids is 1. The smallest absolute Gasteiger partial charge is 0.254 e. The first-order valence-corrected chi connectivity index (χ1v) is 4.31. The Morgan fingerprint density at radius 1 is 1.60 bits per heavy atom. The number of rotatable bonds is 3. The van der Waals surface area contributed by atoms with Crippen molar-refractivity contribution in [1.29, 1.82) is 0 Å². The molecule has 0 aliphatic rings. The van der Waals surface area contributed by atoms with Crippen LogP contribution in [0.3, 0.4) is 0 Å². The van der Waals surface area contributed by atoms with Crippen LogP contribution in [-0.4, -0.2) is 17.4 Å². The van der Waals surface area contributed by atoms with E-state index >= 15 is 0 Å². The Balaban J connectivity index is 2.82. The molecule has 0 aliphatic carbocycles. The fourth-order valence-corrected chi connectivity index (χ4v) is 0.932. The molecule has 0 saturated carbocycles. The minimum absolute atomic E-state index is 0.0101. The van der Waals surface area contributed by atoms with Crippen LogP contribution >= 0.6 is 11.6 Å². The number of aromatic nitrogens is 1. The van der Waals surface area contributed by atoms with Gasteiger partial charge in [0.1, 0.15) is 0 Å². The van der Waals surface area contributed by atoms with Crippen molar-refractivity contribution < 1.29 is 13.6 Å². The third kappa shape index (κ3) is 2.99. The quantitative estimate of drug-likeness (QED) is 0.808. The molecule has 0 saturated heterocycles. The molecule has 0 aliphatic heterocycles. The highest BCUT2D eigenvalue weighted by atomic mass is 35.5. The van der Waals surface area contributed by atoms with Gasteiger partial charge in [-0.15, -0.1) is 0 Å². The van der Waals surface area contributed by atoms with Crippen LogP contribution in [0.25, 0.3) is 0 Å². The topological polar surface area (TPSA) is 42.0 Å². The second-order valence-electron chi connectivity index (χ2n) is 2.66. The highest BCUT2D eigenvalue weighted by Gasteiger charge is 2.15. The van der Waals surface area contributed by atoms with Crippen molar-refractivity contribution >= 4 is 17.5 Å². The lowest BCUT2D eigenvalue weighted by atomic mass is 10.2. The highest BCUT2D eigenvalue weighted by molar-refractivity contribution is 6.29. The Hall–Kier alpha value is -1.49. The van der Waals surface area contributed by atoms with Gasteiger partial charge in [-0.25, -0.2) is 9.37 Å². The molecular formula is C9H7ClF2N2O. The molecule has 6 heteroatoms. The van der Waals surface area contributed by atoms with Gasteiger partial charge in [-0.1, -0.05) is 18.2 Å². The summed E-state index contributed by atoms with van der Waals surface area (Å²) >= 11 is 5.39. The van der Waals surface area contributed by atoms with Crippen molar-refractivity contribution in [2.75, 3.05) is 6.54 Å². The van der Waals surface area contributed by atoms with E-state index in [1.807, 2.05) is 0 Å². The molecule has 0 fully saturated rings. The summed E-state index contributed by atoms with van der Waals surface area (Å²) in [5.74, 6) is -3.36. The van der Waals surface area contributed by atoms with E-state index in [0.717, 1.165) is 12.3 Å². The van der Waals surface area contributed by atoms with Crippen molar-refractivity contribution in [3.05, 3.63) is 41.2 Å². The van der Waals surface area contributed by atoms with Crippen molar-refractivity contribution in [2.24, 2.45) is 0 Å². The van der Waals surface area contributed by atoms with Gasteiger partial charge in [-0.05, 0) is 6.07 Å². The van der Waals surface area contributed by atoms with Crippen LogP contribution in [0.4, 0.5) is 8.78 Å². The van der Waals surface area contributed by atoms with E-state index in [9.17, 15) is 13.6 Å². The Morgan fingerprint density at radius 2 is 2.27 bits per heavy atom. The number of halogens is 3. The number of amides is 1. The van der Waals surface area contributed by atoms with Crippen molar-refractivity contribution in [3.63, 3.8) is 0 Å². The Bertz CT molecular complexity index is 409. The zero-order chi connectivity index (χ0) is 11.4. The Kier molecular flexibility index (Phi) is 3.74. The predicted octanol–water partition coefficient (Wildman–Crippen LogP) is 1.84. The van der Waals surface area contributed by atoms with Crippen LogP contribution in [0, 0.1) is 11.8 Å². The van der Waals surface area contributed by atoms with E-state index in [1.54, 1.807) is 0 Å². The maximum Gasteiger partial charge on any atom is 0.254 e. The lowest BCUT2D eigenvalue weighted by molar-refractivity contribution is 0.0952. The van der Waals surface area contributed by atoms with Crippen LogP contribution in [0.15, 0.2) is 23.9 Å². The molecular weight excluding hydrogens is 226 g/mol. The Labute approximate surface area is 89.8 Å². The minimum atomic E-state index is -1.31. The van der Waals surface area contributed by atoms with Gasteiger partial charge in [-0.2, -0.15) is 4.39 Å². The molecule has 1 aromatic rings. The molecule has 80 valence electrons. The van der Waals surface area contributed by atoms with E-state index < -0.39 is 23.2 Å². The highest BCUT2D eigenvalue weighted by Crippen LogP contribution is 2.08. The number of hydrogen-bond acceptors (Lipinski definition) is 2. The molecule has 1 N–H and O–H groups in total. The number of hydrogen-bond donors (Lipinski definition) is 1. The zero-order valence-electron chi connectivity index (χ0n) is 7.56. The van der Waals surface area contributed by atoms with Crippen LogP contribution in [0.1, 0.15) is 10.4 Å². The molecule has 1 amide bonds. The van der Waals surface area contributed by atoms with E-state index in [1.165, 1.54) is 0 Å². The second kappa shape index (κ2) is 4.84. The first kappa shape index (κ1) is 11.6. The normalized spacial score (nSPS) is 9.80. The number of pyridine rings is 1. The predicted molar refractivity (Wildman–Crippen MR) is 51.5 cm³/mol. The van der Waals surface area contributed by atoms with Gasteiger partial charge in [0.25, 0.3) is 5.91 Å². The van der Waals surface area contributed by atoms with Crippen LogP contribution in [-0.2, 0) is 0 Å². The van der Waals surface area contributed by atoms with Crippen LogP contribution < -0.4 is 5.32 Å². The van der Waals surface area contributed by atoms with Gasteiger partial charge >= 0.3 is 0 Å². The molecule has 0 bridgehead atoms. The zero-order valence-corrected chi connectivity index (χ0v) is 8.31. The summed E-state index contributed by atoms with van der Waals surface area (Å²) in [7, 11) is 0. The fourth-order valence-electron chi connectivity index (χ4n) is 0.865. The molecule has 3 nitrogen and oxygen atoms in total. The monoisotopic (exact) mass is 232 g/mol. The van der Waals surface area contributed by atoms with Gasteiger partial charge < -0.3 is 5.32 Å². The molecule has 0 aromatic carbocycles. The minimum Gasteiger partial charge on any atom is -0.347 e. The maximum atomic E-state index is 13.0. The lowest BCUT2D eigenvalue weighted by Crippen LogP contribution is -2.25. The standard InChI is InChI=1S/C9H7ClF2N2O/c1-5(10)4-14-9(15)6-2-3-13-8(12)7(6)11/h2-3H,1,4H2,(H,14,15). The van der Waals surface area contributed by atoms with E-state index in [0.29, 0.717) is 0 Å². The average molecular weight is 233 g/mol. The van der Waals surface area contributed by atoms with Crippen molar-refractivity contribution in [1.82, 2.24) is 10.3 Å². The van der Waals surface area contributed by atoms with E-state index in [4.69, 9.17) is 11.6 Å². The number of nitrogens with one attached hydrogen (secondary N) is 1. The van der Waals surface area contributed by atoms with E-state index in [-0.39, 0.29) is 11.6 Å². The summed E-state index contributed by atoms with van der Waals surface area (Å²) in [4.78, 5) is 14.3. The number of nitrogens with zero attached hydrogens (tertiary/aromatic N) is 1. The van der Waals surface area contributed by atoms with E-state index in [2.05, 4.69) is 16.9 Å². The first-order chi connectivity index (χ1) is 7.02.